The summed E-state index contributed by atoms with van der Waals surface area (Å²) in [4.78, 5) is 33.2. The molecule has 2 aromatic rings. The number of likely N-dealkylation sites (N-methyl/N-ethyl adjacent to an activating group) is 1. The Balaban J connectivity index is 1.29. The summed E-state index contributed by atoms with van der Waals surface area (Å²) in [6, 6.07) is 9.83. The van der Waals surface area contributed by atoms with E-state index in [0.717, 1.165) is 30.1 Å². The third-order valence-electron chi connectivity index (χ3n) is 7.75. The van der Waals surface area contributed by atoms with E-state index in [9.17, 15) is 14.0 Å². The van der Waals surface area contributed by atoms with E-state index in [1.54, 1.807) is 13.2 Å². The third-order valence-corrected chi connectivity index (χ3v) is 7.75. The van der Waals surface area contributed by atoms with Gasteiger partial charge in [0.2, 0.25) is 17.8 Å². The minimum Gasteiger partial charge on any atom is -0.497 e. The summed E-state index contributed by atoms with van der Waals surface area (Å²) >= 11 is 0. The van der Waals surface area contributed by atoms with Crippen LogP contribution in [-0.2, 0) is 16.1 Å². The Morgan fingerprint density at radius 2 is 1.83 bits per heavy atom. The zero-order chi connectivity index (χ0) is 25.7. The van der Waals surface area contributed by atoms with Crippen molar-refractivity contribution < 1.29 is 18.7 Å². The van der Waals surface area contributed by atoms with E-state index >= 15 is 0 Å². The Morgan fingerprint density at radius 1 is 1.14 bits per heavy atom. The number of halogens is 1. The maximum atomic E-state index is 13.9. The highest BCUT2D eigenvalue weighted by Gasteiger charge is 2.57. The molecule has 7 nitrogen and oxygen atoms in total. The molecule has 3 aliphatic rings. The first-order chi connectivity index (χ1) is 17.3. The molecule has 8 heteroatoms. The number of amides is 2. The average molecular weight is 497 g/mol. The van der Waals surface area contributed by atoms with Gasteiger partial charge >= 0.3 is 0 Å². The van der Waals surface area contributed by atoms with Crippen molar-refractivity contribution in [2.24, 2.45) is 11.3 Å². The number of nitrogens with zero attached hydrogens (tertiary/aromatic N) is 3. The zero-order valence-corrected chi connectivity index (χ0v) is 21.5. The summed E-state index contributed by atoms with van der Waals surface area (Å²) in [5.41, 5.74) is 1.82. The predicted octanol–water partition coefficient (Wildman–Crippen LogP) is 3.95. The Kier molecular flexibility index (Phi) is 8.24. The average Bonchev–Trinajstić information content (AvgIpc) is 2.82. The first-order valence-electron chi connectivity index (χ1n) is 12.7. The number of hydrogen-bond acceptors (Lipinski definition) is 5. The number of carbonyl (C=O) groups is 2. The summed E-state index contributed by atoms with van der Waals surface area (Å²) in [5.74, 6) is 1.06. The van der Waals surface area contributed by atoms with Crippen LogP contribution in [0.15, 0.2) is 42.6 Å². The lowest BCUT2D eigenvalue weighted by Gasteiger charge is -2.62. The summed E-state index contributed by atoms with van der Waals surface area (Å²) in [7, 11) is 5.36. The van der Waals surface area contributed by atoms with Gasteiger partial charge in [0.25, 0.3) is 0 Å². The van der Waals surface area contributed by atoms with Crippen LogP contribution >= 0.6 is 0 Å². The molecule has 0 saturated heterocycles. The van der Waals surface area contributed by atoms with Crippen molar-refractivity contribution in [3.8, 4) is 5.75 Å². The molecule has 1 aromatic heterocycles. The van der Waals surface area contributed by atoms with Crippen LogP contribution in [0.3, 0.4) is 0 Å². The van der Waals surface area contributed by atoms with Crippen molar-refractivity contribution in [3.05, 3.63) is 59.7 Å². The predicted molar refractivity (Wildman–Crippen MR) is 136 cm³/mol. The summed E-state index contributed by atoms with van der Waals surface area (Å²) in [6.07, 6.45) is 7.42. The standard InChI is InChI=1S/C28H37FN4O3/c1-32(25(34)18-28-15-21(16-28)17-28)12-4-5-13-33(2)26(22-10-11-30-24(29)14-22)27(35)31-19-20-6-8-23(36-3)9-7-20/h6-11,14,21,26H,4-5,12-13,15-19H2,1-3H3,(H,31,35). The highest BCUT2D eigenvalue weighted by atomic mass is 19.1. The van der Waals surface area contributed by atoms with Crippen LogP contribution < -0.4 is 10.1 Å². The number of pyridine rings is 1. The van der Waals surface area contributed by atoms with Gasteiger partial charge in [0.1, 0.15) is 11.8 Å². The van der Waals surface area contributed by atoms with Crippen LogP contribution in [0.4, 0.5) is 4.39 Å². The fourth-order valence-corrected chi connectivity index (χ4v) is 5.52. The molecule has 3 fully saturated rings. The Labute approximate surface area is 213 Å². The molecular weight excluding hydrogens is 459 g/mol. The number of nitrogens with one attached hydrogen (secondary N) is 1. The molecule has 1 unspecified atom stereocenters. The molecule has 3 saturated carbocycles. The van der Waals surface area contributed by atoms with Crippen molar-refractivity contribution in [1.82, 2.24) is 20.1 Å². The highest BCUT2D eigenvalue weighted by molar-refractivity contribution is 5.83. The van der Waals surface area contributed by atoms with Crippen LogP contribution in [0.25, 0.3) is 0 Å². The molecule has 0 aliphatic heterocycles. The molecule has 194 valence electrons. The lowest BCUT2D eigenvalue weighted by molar-refractivity contribution is -0.152. The Morgan fingerprint density at radius 3 is 2.44 bits per heavy atom. The lowest BCUT2D eigenvalue weighted by atomic mass is 9.43. The van der Waals surface area contributed by atoms with Gasteiger partial charge in [0.05, 0.1) is 7.11 Å². The normalized spacial score (nSPS) is 20.8. The molecule has 2 bridgehead atoms. The van der Waals surface area contributed by atoms with Gasteiger partial charge in [0, 0.05) is 32.8 Å². The third kappa shape index (κ3) is 6.22. The Bertz CT molecular complexity index is 1040. The van der Waals surface area contributed by atoms with E-state index in [0.29, 0.717) is 37.0 Å². The van der Waals surface area contributed by atoms with Gasteiger partial charge in [0.15, 0.2) is 0 Å². The monoisotopic (exact) mass is 496 g/mol. The minimum atomic E-state index is -0.649. The molecule has 1 atom stereocenters. The van der Waals surface area contributed by atoms with Gasteiger partial charge in [-0.3, -0.25) is 14.5 Å². The molecule has 36 heavy (non-hydrogen) atoms. The fourth-order valence-electron chi connectivity index (χ4n) is 5.52. The van der Waals surface area contributed by atoms with Gasteiger partial charge < -0.3 is 15.0 Å². The van der Waals surface area contributed by atoms with Gasteiger partial charge in [-0.05, 0) is 92.4 Å². The van der Waals surface area contributed by atoms with E-state index in [1.165, 1.54) is 31.5 Å². The number of hydrogen-bond donors (Lipinski definition) is 1. The molecule has 0 spiro atoms. The topological polar surface area (TPSA) is 74.8 Å². The van der Waals surface area contributed by atoms with E-state index in [4.69, 9.17) is 4.74 Å². The van der Waals surface area contributed by atoms with Crippen molar-refractivity contribution in [2.45, 2.75) is 51.1 Å². The molecule has 0 radical (unpaired) electrons. The highest BCUT2D eigenvalue weighted by Crippen LogP contribution is 2.66. The number of rotatable bonds is 13. The summed E-state index contributed by atoms with van der Waals surface area (Å²) in [6.45, 7) is 1.69. The maximum Gasteiger partial charge on any atom is 0.242 e. The van der Waals surface area contributed by atoms with Gasteiger partial charge in [-0.25, -0.2) is 4.98 Å². The van der Waals surface area contributed by atoms with Crippen molar-refractivity contribution in [2.75, 3.05) is 34.3 Å². The number of aromatic nitrogens is 1. The second-order valence-corrected chi connectivity index (χ2v) is 10.5. The van der Waals surface area contributed by atoms with Gasteiger partial charge in [-0.15, -0.1) is 0 Å². The first kappa shape index (κ1) is 26.1. The first-order valence-corrected chi connectivity index (χ1v) is 12.7. The number of benzene rings is 1. The molecule has 1 N–H and O–H groups in total. The molecule has 2 amide bonds. The molecule has 5 rings (SSSR count). The second-order valence-electron chi connectivity index (χ2n) is 10.5. The molecule has 1 aromatic carbocycles. The molecule has 3 aliphatic carbocycles. The number of unbranched alkanes of at least 4 members (excludes halogenated alkanes) is 1. The second kappa shape index (κ2) is 11.4. The van der Waals surface area contributed by atoms with Gasteiger partial charge in [-0.2, -0.15) is 4.39 Å². The number of methoxy groups -OCH3 is 1. The van der Waals surface area contributed by atoms with Crippen molar-refractivity contribution in [1.29, 1.82) is 0 Å². The fraction of sp³-hybridized carbons (Fsp3) is 0.536. The van der Waals surface area contributed by atoms with E-state index in [1.807, 2.05) is 48.2 Å². The molecular formula is C28H37FN4O3. The van der Waals surface area contributed by atoms with E-state index < -0.39 is 12.0 Å². The zero-order valence-electron chi connectivity index (χ0n) is 21.5. The van der Waals surface area contributed by atoms with Crippen LogP contribution in [0.1, 0.15) is 55.7 Å². The van der Waals surface area contributed by atoms with E-state index in [2.05, 4.69) is 10.3 Å². The molecule has 1 heterocycles. The number of ether oxygens (including phenoxy) is 1. The quantitative estimate of drug-likeness (QED) is 0.336. The maximum absolute atomic E-state index is 13.9. The van der Waals surface area contributed by atoms with Crippen molar-refractivity contribution in [3.63, 3.8) is 0 Å². The smallest absolute Gasteiger partial charge is 0.242 e. The van der Waals surface area contributed by atoms with Crippen LogP contribution in [0.2, 0.25) is 0 Å². The summed E-state index contributed by atoms with van der Waals surface area (Å²) in [5, 5.41) is 2.98. The van der Waals surface area contributed by atoms with Gasteiger partial charge in [-0.1, -0.05) is 12.1 Å². The van der Waals surface area contributed by atoms with Crippen LogP contribution in [0.5, 0.6) is 5.75 Å². The summed E-state index contributed by atoms with van der Waals surface area (Å²) < 4.78 is 19.1. The van der Waals surface area contributed by atoms with Crippen LogP contribution in [0, 0.1) is 17.3 Å². The van der Waals surface area contributed by atoms with Crippen LogP contribution in [-0.4, -0.2) is 60.9 Å². The minimum absolute atomic E-state index is 0.204. The number of carbonyl (C=O) groups excluding carboxylic acids is 2. The largest absolute Gasteiger partial charge is 0.497 e. The SMILES string of the molecule is COc1ccc(CNC(=O)C(c2ccnc(F)c2)N(C)CCCCN(C)C(=O)CC23CC(C2)C3)cc1. The lowest BCUT2D eigenvalue weighted by Crippen LogP contribution is -2.53. The van der Waals surface area contributed by atoms with E-state index in [-0.39, 0.29) is 11.8 Å². The van der Waals surface area contributed by atoms with Crippen molar-refractivity contribution >= 4 is 11.8 Å². The Hall–Kier alpha value is -3.00.